The Morgan fingerprint density at radius 3 is 2.53 bits per heavy atom. The fraction of sp³-hybridized carbons (Fsp3) is 0.154. The molecule has 3 heterocycles. The SMILES string of the molecule is COc1ccc([C@@H]2C3=C(Oc4c2c(=O)oc2ccccc42)[C@H]2C=CC=C[C@@H]2OC3=O)cc1. The van der Waals surface area contributed by atoms with Crippen LogP contribution in [0.25, 0.3) is 11.0 Å². The lowest BCUT2D eigenvalue weighted by Crippen LogP contribution is -2.40. The molecular weight excluding hydrogens is 408 g/mol. The first kappa shape index (κ1) is 18.7. The molecule has 0 saturated heterocycles. The summed E-state index contributed by atoms with van der Waals surface area (Å²) in [6, 6.07) is 14.5. The monoisotopic (exact) mass is 426 g/mol. The highest BCUT2D eigenvalue weighted by molar-refractivity contribution is 5.96. The van der Waals surface area contributed by atoms with Crippen molar-refractivity contribution in [3.8, 4) is 11.5 Å². The third-order valence-corrected chi connectivity index (χ3v) is 6.15. The van der Waals surface area contributed by atoms with Gasteiger partial charge in [0, 0.05) is 0 Å². The minimum absolute atomic E-state index is 0.271. The van der Waals surface area contributed by atoms with E-state index < -0.39 is 23.6 Å². The van der Waals surface area contributed by atoms with E-state index >= 15 is 0 Å². The Bertz CT molecular complexity index is 1410. The Labute approximate surface area is 183 Å². The summed E-state index contributed by atoms with van der Waals surface area (Å²) in [6.45, 7) is 0. The number of hydrogen-bond donors (Lipinski definition) is 0. The van der Waals surface area contributed by atoms with Crippen molar-refractivity contribution in [3.05, 3.63) is 106 Å². The van der Waals surface area contributed by atoms with E-state index in [1.165, 1.54) is 0 Å². The van der Waals surface area contributed by atoms with E-state index in [-0.39, 0.29) is 5.92 Å². The van der Waals surface area contributed by atoms with Crippen LogP contribution < -0.4 is 15.1 Å². The molecule has 1 aliphatic carbocycles. The van der Waals surface area contributed by atoms with Crippen LogP contribution in [0.15, 0.2) is 93.4 Å². The van der Waals surface area contributed by atoms with Gasteiger partial charge in [-0.05, 0) is 35.9 Å². The fourth-order valence-corrected chi connectivity index (χ4v) is 4.67. The number of allylic oxidation sites excluding steroid dienone is 2. The van der Waals surface area contributed by atoms with Crippen LogP contribution in [0.2, 0.25) is 0 Å². The van der Waals surface area contributed by atoms with E-state index in [1.54, 1.807) is 31.4 Å². The summed E-state index contributed by atoms with van der Waals surface area (Å²) >= 11 is 0. The van der Waals surface area contributed by atoms with Crippen molar-refractivity contribution in [3.63, 3.8) is 0 Å². The second-order valence-electron chi connectivity index (χ2n) is 7.88. The predicted octanol–water partition coefficient (Wildman–Crippen LogP) is 4.25. The van der Waals surface area contributed by atoms with Gasteiger partial charge in [0.1, 0.15) is 28.9 Å². The van der Waals surface area contributed by atoms with Gasteiger partial charge in [-0.15, -0.1) is 0 Å². The van der Waals surface area contributed by atoms with Crippen molar-refractivity contribution in [1.29, 1.82) is 0 Å². The van der Waals surface area contributed by atoms with Crippen molar-refractivity contribution >= 4 is 16.9 Å². The lowest BCUT2D eigenvalue weighted by Gasteiger charge is -2.38. The molecular formula is C26H18O6. The van der Waals surface area contributed by atoms with E-state index in [0.29, 0.717) is 39.4 Å². The smallest absolute Gasteiger partial charge is 0.344 e. The van der Waals surface area contributed by atoms with Crippen LogP contribution in [-0.4, -0.2) is 19.2 Å². The summed E-state index contributed by atoms with van der Waals surface area (Å²) in [4.78, 5) is 26.4. The molecule has 3 aliphatic rings. The van der Waals surface area contributed by atoms with Crippen LogP contribution in [0.3, 0.4) is 0 Å². The highest BCUT2D eigenvalue weighted by Crippen LogP contribution is 2.49. The molecule has 0 radical (unpaired) electrons. The topological polar surface area (TPSA) is 75.0 Å². The van der Waals surface area contributed by atoms with Crippen LogP contribution in [0.4, 0.5) is 0 Å². The largest absolute Gasteiger partial charge is 0.497 e. The average Bonchev–Trinajstić information content (AvgIpc) is 2.83. The first-order valence-electron chi connectivity index (χ1n) is 10.3. The molecule has 3 aromatic rings. The number of methoxy groups -OCH3 is 1. The minimum Gasteiger partial charge on any atom is -0.497 e. The Morgan fingerprint density at radius 2 is 1.72 bits per heavy atom. The maximum absolute atomic E-state index is 13.2. The highest BCUT2D eigenvalue weighted by Gasteiger charge is 2.47. The predicted molar refractivity (Wildman–Crippen MR) is 117 cm³/mol. The van der Waals surface area contributed by atoms with Gasteiger partial charge in [-0.1, -0.05) is 42.5 Å². The van der Waals surface area contributed by atoms with Gasteiger partial charge in [0.15, 0.2) is 0 Å². The zero-order valence-electron chi connectivity index (χ0n) is 17.1. The second-order valence-corrected chi connectivity index (χ2v) is 7.88. The lowest BCUT2D eigenvalue weighted by atomic mass is 9.78. The Balaban J connectivity index is 1.66. The minimum atomic E-state index is -0.687. The zero-order chi connectivity index (χ0) is 21.8. The van der Waals surface area contributed by atoms with E-state index in [0.717, 1.165) is 5.56 Å². The molecule has 0 saturated carbocycles. The van der Waals surface area contributed by atoms with Crippen molar-refractivity contribution in [2.24, 2.45) is 5.92 Å². The Morgan fingerprint density at radius 1 is 0.938 bits per heavy atom. The van der Waals surface area contributed by atoms with Crippen molar-refractivity contribution in [2.75, 3.05) is 7.11 Å². The number of esters is 1. The summed E-state index contributed by atoms with van der Waals surface area (Å²) in [5.74, 6) is 0.150. The van der Waals surface area contributed by atoms with Crippen LogP contribution in [0, 0.1) is 5.92 Å². The van der Waals surface area contributed by atoms with E-state index in [4.69, 9.17) is 18.6 Å². The van der Waals surface area contributed by atoms with Gasteiger partial charge in [-0.3, -0.25) is 0 Å². The van der Waals surface area contributed by atoms with Gasteiger partial charge < -0.3 is 18.6 Å². The van der Waals surface area contributed by atoms with Crippen LogP contribution in [0.1, 0.15) is 17.0 Å². The van der Waals surface area contributed by atoms with Gasteiger partial charge in [-0.2, -0.15) is 0 Å². The molecule has 6 rings (SSSR count). The number of benzene rings is 2. The van der Waals surface area contributed by atoms with Gasteiger partial charge in [0.2, 0.25) is 0 Å². The van der Waals surface area contributed by atoms with E-state index in [9.17, 15) is 9.59 Å². The molecule has 0 fully saturated rings. The summed E-state index contributed by atoms with van der Waals surface area (Å²) in [7, 11) is 1.59. The molecule has 6 nitrogen and oxygen atoms in total. The lowest BCUT2D eigenvalue weighted by molar-refractivity contribution is -0.146. The number of ether oxygens (including phenoxy) is 3. The van der Waals surface area contributed by atoms with Gasteiger partial charge >= 0.3 is 11.6 Å². The molecule has 0 amide bonds. The van der Waals surface area contributed by atoms with Gasteiger partial charge in [0.25, 0.3) is 0 Å². The molecule has 2 aliphatic heterocycles. The first-order chi connectivity index (χ1) is 15.7. The van der Waals surface area contributed by atoms with Crippen molar-refractivity contribution < 1.29 is 23.4 Å². The number of hydrogen-bond acceptors (Lipinski definition) is 6. The van der Waals surface area contributed by atoms with E-state index in [2.05, 4.69) is 0 Å². The van der Waals surface area contributed by atoms with Crippen LogP contribution >= 0.6 is 0 Å². The molecule has 3 atom stereocenters. The van der Waals surface area contributed by atoms with Crippen molar-refractivity contribution in [2.45, 2.75) is 12.0 Å². The molecule has 0 N–H and O–H groups in total. The molecule has 0 unspecified atom stereocenters. The summed E-state index contributed by atoms with van der Waals surface area (Å²) in [6.07, 6.45) is 7.10. The molecule has 158 valence electrons. The summed E-state index contributed by atoms with van der Waals surface area (Å²) < 4.78 is 23.0. The third-order valence-electron chi connectivity index (χ3n) is 6.15. The standard InChI is InChI=1S/C26H18O6/c1-29-15-12-10-14(11-13-15)20-21-23(16-6-2-4-8-18(16)30-25(21)27)32-24-17-7-3-5-9-19(17)31-26(28)22(20)24/h2-13,16,18,20H,1H3/t16-,18-,20+/m0/s1. The number of carbonyl (C=O) groups is 1. The maximum Gasteiger partial charge on any atom is 0.344 e. The van der Waals surface area contributed by atoms with E-state index in [1.807, 2.05) is 48.6 Å². The van der Waals surface area contributed by atoms with Crippen LogP contribution in [0.5, 0.6) is 11.5 Å². The Hall–Kier alpha value is -4.06. The number of para-hydroxylation sites is 1. The number of rotatable bonds is 2. The molecule has 6 heteroatoms. The number of carbonyl (C=O) groups excluding carboxylic acids is 1. The van der Waals surface area contributed by atoms with Gasteiger partial charge in [0.05, 0.1) is 35.5 Å². The number of fused-ring (bicyclic) bond motifs is 5. The molecule has 0 spiro atoms. The van der Waals surface area contributed by atoms with Crippen molar-refractivity contribution in [1.82, 2.24) is 0 Å². The normalized spacial score (nSPS) is 23.2. The average molecular weight is 426 g/mol. The molecule has 0 bridgehead atoms. The quantitative estimate of drug-likeness (QED) is 0.451. The molecule has 2 aromatic carbocycles. The zero-order valence-corrected chi connectivity index (χ0v) is 17.1. The first-order valence-corrected chi connectivity index (χ1v) is 10.3. The maximum atomic E-state index is 13.2. The molecule has 1 aromatic heterocycles. The third kappa shape index (κ3) is 2.66. The summed E-state index contributed by atoms with van der Waals surface area (Å²) in [5.41, 5.74) is 1.25. The second kappa shape index (κ2) is 6.99. The fourth-order valence-electron chi connectivity index (χ4n) is 4.67. The highest BCUT2D eigenvalue weighted by atomic mass is 16.6. The summed E-state index contributed by atoms with van der Waals surface area (Å²) in [5, 5.41) is 0.679. The Kier molecular flexibility index (Phi) is 4.08. The van der Waals surface area contributed by atoms with Crippen LogP contribution in [-0.2, 0) is 9.53 Å². The van der Waals surface area contributed by atoms with Gasteiger partial charge in [-0.25, -0.2) is 9.59 Å². The molecule has 32 heavy (non-hydrogen) atoms.